The van der Waals surface area contributed by atoms with Crippen molar-refractivity contribution in [2.45, 2.75) is 52.1 Å². The van der Waals surface area contributed by atoms with E-state index in [4.69, 9.17) is 19.1 Å². The molecule has 2 aromatic carbocycles. The molecule has 10 nitrogen and oxygen atoms in total. The lowest BCUT2D eigenvalue weighted by atomic mass is 10.0. The molecule has 196 valence electrons. The number of carbonyl (C=O) groups excluding carboxylic acids is 4. The third-order valence-electron chi connectivity index (χ3n) is 5.58. The number of rotatable bonds is 13. The summed E-state index contributed by atoms with van der Waals surface area (Å²) in [6.07, 6.45) is 1.66. The van der Waals surface area contributed by atoms with Gasteiger partial charge in [0, 0.05) is 24.8 Å². The van der Waals surface area contributed by atoms with Gasteiger partial charge in [-0.1, -0.05) is 47.6 Å². The van der Waals surface area contributed by atoms with E-state index in [-0.39, 0.29) is 38.2 Å². The molecule has 0 atom stereocenters. The first-order valence-electron chi connectivity index (χ1n) is 12.0. The predicted octanol–water partition coefficient (Wildman–Crippen LogP) is 3.64. The zero-order chi connectivity index (χ0) is 26.6. The molecule has 1 aliphatic heterocycles. The molecule has 0 saturated carbocycles. The third kappa shape index (κ3) is 7.89. The second-order valence-corrected chi connectivity index (χ2v) is 8.33. The van der Waals surface area contributed by atoms with Gasteiger partial charge in [-0.05, 0) is 43.4 Å². The zero-order valence-electron chi connectivity index (χ0n) is 20.9. The molecule has 0 radical (unpaired) electrons. The first-order valence-corrected chi connectivity index (χ1v) is 12.0. The number of para-hydroxylation sites is 1. The van der Waals surface area contributed by atoms with E-state index in [1.807, 2.05) is 43.3 Å². The van der Waals surface area contributed by atoms with Crippen molar-refractivity contribution in [2.75, 3.05) is 13.7 Å². The van der Waals surface area contributed by atoms with Gasteiger partial charge in [-0.2, -0.15) is 0 Å². The molecule has 0 aliphatic carbocycles. The van der Waals surface area contributed by atoms with Crippen LogP contribution in [0.2, 0.25) is 0 Å². The van der Waals surface area contributed by atoms with Crippen molar-refractivity contribution in [3.8, 4) is 5.75 Å². The number of esters is 1. The number of hydrogen-bond donors (Lipinski definition) is 0. The second kappa shape index (κ2) is 13.8. The summed E-state index contributed by atoms with van der Waals surface area (Å²) in [5, 5.41) is 4.42. The Balaban J connectivity index is 1.47. The van der Waals surface area contributed by atoms with Crippen LogP contribution in [0, 0.1) is 6.92 Å². The van der Waals surface area contributed by atoms with E-state index in [9.17, 15) is 19.2 Å². The van der Waals surface area contributed by atoms with Gasteiger partial charge in [0.15, 0.2) is 5.71 Å². The molecule has 10 heteroatoms. The highest BCUT2D eigenvalue weighted by molar-refractivity contribution is 6.43. The standard InChI is InChI=1S/C27H30N2O8/c1-19-10-5-8-13-22(19)36-18-20-11-6-7-12-21(20)26(28-34-2)27(33)35-17-9-3-4-14-25(32)37-29-23(30)15-16-24(29)31/h5-8,10-13H,3-4,9,14-18H2,1-2H3/b28-26+. The van der Waals surface area contributed by atoms with Crippen molar-refractivity contribution in [2.24, 2.45) is 5.16 Å². The van der Waals surface area contributed by atoms with Gasteiger partial charge >= 0.3 is 11.9 Å². The zero-order valence-corrected chi connectivity index (χ0v) is 20.9. The number of benzene rings is 2. The van der Waals surface area contributed by atoms with E-state index in [2.05, 4.69) is 5.16 Å². The summed E-state index contributed by atoms with van der Waals surface area (Å²) in [5.74, 6) is -1.58. The Bertz CT molecular complexity index is 1140. The molecule has 1 heterocycles. The predicted molar refractivity (Wildman–Crippen MR) is 132 cm³/mol. The van der Waals surface area contributed by atoms with Gasteiger partial charge in [0.1, 0.15) is 19.5 Å². The Hall–Kier alpha value is -4.21. The van der Waals surface area contributed by atoms with Crippen molar-refractivity contribution >= 4 is 29.5 Å². The van der Waals surface area contributed by atoms with Gasteiger partial charge in [0.05, 0.1) is 6.61 Å². The number of aryl methyl sites for hydroxylation is 1. The van der Waals surface area contributed by atoms with Crippen molar-refractivity contribution in [3.63, 3.8) is 0 Å². The average Bonchev–Trinajstić information content (AvgIpc) is 3.21. The summed E-state index contributed by atoms with van der Waals surface area (Å²) in [7, 11) is 1.35. The topological polar surface area (TPSA) is 121 Å². The maximum Gasteiger partial charge on any atom is 0.361 e. The summed E-state index contributed by atoms with van der Waals surface area (Å²) in [6.45, 7) is 2.29. The maximum absolute atomic E-state index is 12.8. The molecule has 2 amide bonds. The number of imide groups is 1. The van der Waals surface area contributed by atoms with Crippen LogP contribution in [0.5, 0.6) is 5.75 Å². The largest absolute Gasteiger partial charge is 0.489 e. The highest BCUT2D eigenvalue weighted by atomic mass is 16.7. The molecular weight excluding hydrogens is 480 g/mol. The Labute approximate surface area is 215 Å². The lowest BCUT2D eigenvalue weighted by Gasteiger charge is -2.14. The van der Waals surface area contributed by atoms with Crippen LogP contribution in [0.3, 0.4) is 0 Å². The Morgan fingerprint density at radius 1 is 0.946 bits per heavy atom. The lowest BCUT2D eigenvalue weighted by molar-refractivity contribution is -0.197. The molecule has 1 saturated heterocycles. The van der Waals surface area contributed by atoms with Crippen molar-refractivity contribution in [3.05, 3.63) is 65.2 Å². The fourth-order valence-corrected chi connectivity index (χ4v) is 3.63. The van der Waals surface area contributed by atoms with Crippen molar-refractivity contribution < 1.29 is 38.3 Å². The average molecular weight is 511 g/mol. The van der Waals surface area contributed by atoms with Gasteiger partial charge < -0.3 is 19.1 Å². The minimum Gasteiger partial charge on any atom is -0.489 e. The van der Waals surface area contributed by atoms with E-state index >= 15 is 0 Å². The minimum absolute atomic E-state index is 0.0232. The second-order valence-electron chi connectivity index (χ2n) is 8.33. The monoisotopic (exact) mass is 510 g/mol. The molecule has 0 spiro atoms. The molecule has 3 rings (SSSR count). The van der Waals surface area contributed by atoms with E-state index in [1.165, 1.54) is 7.11 Å². The number of carbonyl (C=O) groups is 4. The number of amides is 2. The van der Waals surface area contributed by atoms with E-state index in [0.29, 0.717) is 29.9 Å². The third-order valence-corrected chi connectivity index (χ3v) is 5.58. The first-order chi connectivity index (χ1) is 17.9. The number of nitrogens with zero attached hydrogens (tertiary/aromatic N) is 2. The van der Waals surface area contributed by atoms with Crippen LogP contribution in [0.1, 0.15) is 55.2 Å². The van der Waals surface area contributed by atoms with Crippen LogP contribution >= 0.6 is 0 Å². The first kappa shape index (κ1) is 27.4. The highest BCUT2D eigenvalue weighted by Crippen LogP contribution is 2.20. The number of hydroxylamine groups is 2. The number of hydrogen-bond acceptors (Lipinski definition) is 9. The summed E-state index contributed by atoms with van der Waals surface area (Å²) >= 11 is 0. The van der Waals surface area contributed by atoms with Gasteiger partial charge in [-0.3, -0.25) is 9.59 Å². The number of ether oxygens (including phenoxy) is 2. The molecular formula is C27H30N2O8. The fraction of sp³-hybridized carbons (Fsp3) is 0.370. The molecule has 0 unspecified atom stereocenters. The van der Waals surface area contributed by atoms with Gasteiger partial charge in [-0.25, -0.2) is 9.59 Å². The van der Waals surface area contributed by atoms with Gasteiger partial charge in [0.25, 0.3) is 11.8 Å². The Morgan fingerprint density at radius 2 is 1.65 bits per heavy atom. The molecule has 1 fully saturated rings. The molecule has 1 aliphatic rings. The van der Waals surface area contributed by atoms with Crippen LogP contribution in [0.15, 0.2) is 53.7 Å². The normalized spacial score (nSPS) is 13.5. The Morgan fingerprint density at radius 3 is 2.38 bits per heavy atom. The number of oxime groups is 1. The maximum atomic E-state index is 12.8. The SMILES string of the molecule is CO/N=C(/C(=O)OCCCCCC(=O)ON1C(=O)CCC1=O)c1ccccc1COc1ccccc1C. The quantitative estimate of drug-likeness (QED) is 0.132. The van der Waals surface area contributed by atoms with Gasteiger partial charge in [0.2, 0.25) is 0 Å². The lowest BCUT2D eigenvalue weighted by Crippen LogP contribution is -2.31. The molecule has 0 aromatic heterocycles. The van der Waals surface area contributed by atoms with Gasteiger partial charge in [-0.15, -0.1) is 5.06 Å². The molecule has 0 N–H and O–H groups in total. The molecule has 0 bridgehead atoms. The van der Waals surface area contributed by atoms with Crippen molar-refractivity contribution in [1.82, 2.24) is 5.06 Å². The number of unbranched alkanes of at least 4 members (excludes halogenated alkanes) is 2. The van der Waals surface area contributed by atoms with Crippen LogP contribution < -0.4 is 4.74 Å². The summed E-state index contributed by atoms with van der Waals surface area (Å²) in [5.41, 5.74) is 2.30. The fourth-order valence-electron chi connectivity index (χ4n) is 3.63. The van der Waals surface area contributed by atoms with Crippen LogP contribution in [-0.2, 0) is 40.2 Å². The van der Waals surface area contributed by atoms with Crippen LogP contribution in [0.4, 0.5) is 0 Å². The van der Waals surface area contributed by atoms with Crippen LogP contribution in [-0.4, -0.2) is 48.2 Å². The smallest absolute Gasteiger partial charge is 0.361 e. The van der Waals surface area contributed by atoms with E-state index < -0.39 is 23.8 Å². The summed E-state index contributed by atoms with van der Waals surface area (Å²) < 4.78 is 11.3. The van der Waals surface area contributed by atoms with Crippen molar-refractivity contribution in [1.29, 1.82) is 0 Å². The minimum atomic E-state index is -0.653. The summed E-state index contributed by atoms with van der Waals surface area (Å²) in [4.78, 5) is 57.4. The Kier molecular flexibility index (Phi) is 10.2. The van der Waals surface area contributed by atoms with Crippen LogP contribution in [0.25, 0.3) is 0 Å². The molecule has 2 aromatic rings. The molecule has 37 heavy (non-hydrogen) atoms. The van der Waals surface area contributed by atoms with E-state index in [0.717, 1.165) is 16.9 Å². The van der Waals surface area contributed by atoms with E-state index in [1.54, 1.807) is 12.1 Å². The summed E-state index contributed by atoms with van der Waals surface area (Å²) in [6, 6.07) is 14.9. The highest BCUT2D eigenvalue weighted by Gasteiger charge is 2.32.